The Morgan fingerprint density at radius 2 is 1.78 bits per heavy atom. The average Bonchev–Trinajstić information content (AvgIpc) is 2.67. The normalized spacial score (nSPS) is 29.1. The first-order chi connectivity index (χ1) is 12.9. The lowest BCUT2D eigenvalue weighted by Crippen LogP contribution is -3.16. The molecule has 0 bridgehead atoms. The summed E-state index contributed by atoms with van der Waals surface area (Å²) in [4.78, 5) is 1.37. The molecule has 0 aromatic heterocycles. The van der Waals surface area contributed by atoms with Crippen molar-refractivity contribution in [1.29, 1.82) is 21.2 Å². The fraction of sp³-hybridized carbons (Fsp3) is 0.455. The number of nitrogens with zero attached hydrogens (tertiary/aromatic N) is 3. The first kappa shape index (κ1) is 18.8. The summed E-state index contributed by atoms with van der Waals surface area (Å²) in [5.41, 5.74) is 1.23. The highest BCUT2D eigenvalue weighted by Crippen LogP contribution is 2.52. The number of quaternary nitrogens is 1. The van der Waals surface area contributed by atoms with Crippen molar-refractivity contribution in [1.82, 2.24) is 0 Å². The summed E-state index contributed by atoms with van der Waals surface area (Å²) in [5.74, 6) is -1.33. The highest BCUT2D eigenvalue weighted by atomic mass is 15.2. The zero-order valence-electron chi connectivity index (χ0n) is 16.0. The summed E-state index contributed by atoms with van der Waals surface area (Å²) in [6.45, 7) is 7.88. The summed E-state index contributed by atoms with van der Waals surface area (Å²) in [6.07, 6.45) is 2.08. The van der Waals surface area contributed by atoms with Crippen LogP contribution in [-0.4, -0.2) is 24.8 Å². The molecule has 2 N–H and O–H groups in total. The lowest BCUT2D eigenvalue weighted by Gasteiger charge is -2.47. The zero-order valence-corrected chi connectivity index (χ0v) is 16.0. The van der Waals surface area contributed by atoms with Crippen LogP contribution in [0.1, 0.15) is 30.9 Å². The number of rotatable bonds is 2. The summed E-state index contributed by atoms with van der Waals surface area (Å²) in [7, 11) is 0. The van der Waals surface area contributed by atoms with E-state index in [-0.39, 0.29) is 11.6 Å². The maximum Gasteiger partial charge on any atom is 0.189 e. The maximum absolute atomic E-state index is 10.0. The smallest absolute Gasteiger partial charge is 0.189 e. The van der Waals surface area contributed by atoms with Gasteiger partial charge in [-0.05, 0) is 38.0 Å². The van der Waals surface area contributed by atoms with Crippen LogP contribution >= 0.6 is 0 Å². The van der Waals surface area contributed by atoms with Crippen molar-refractivity contribution in [2.45, 2.75) is 32.7 Å². The van der Waals surface area contributed by atoms with Crippen LogP contribution in [-0.2, 0) is 0 Å². The van der Waals surface area contributed by atoms with Gasteiger partial charge >= 0.3 is 0 Å². The lowest BCUT2D eigenvalue weighted by molar-refractivity contribution is -0.920. The van der Waals surface area contributed by atoms with E-state index < -0.39 is 17.3 Å². The Bertz CT molecular complexity index is 890. The minimum Gasteiger partial charge on any atom is -0.329 e. The quantitative estimate of drug-likeness (QED) is 0.792. The van der Waals surface area contributed by atoms with E-state index in [2.05, 4.69) is 38.1 Å². The van der Waals surface area contributed by atoms with E-state index in [1.807, 2.05) is 31.2 Å². The number of fused-ring (bicyclic) bond motifs is 1. The van der Waals surface area contributed by atoms with E-state index in [0.29, 0.717) is 6.04 Å². The van der Waals surface area contributed by atoms with Gasteiger partial charge in [-0.15, -0.1) is 0 Å². The van der Waals surface area contributed by atoms with Crippen LogP contribution in [0.4, 0.5) is 0 Å². The van der Waals surface area contributed by atoms with E-state index in [1.165, 1.54) is 4.90 Å². The molecule has 4 atom stereocenters. The molecular formula is C22H24N5+. The van der Waals surface area contributed by atoms with Crippen molar-refractivity contribution >= 4 is 5.71 Å². The van der Waals surface area contributed by atoms with Crippen LogP contribution in [0.15, 0.2) is 35.9 Å². The molecule has 1 heterocycles. The molecule has 0 amide bonds. The van der Waals surface area contributed by atoms with E-state index >= 15 is 0 Å². The van der Waals surface area contributed by atoms with Gasteiger partial charge in [0, 0.05) is 11.8 Å². The summed E-state index contributed by atoms with van der Waals surface area (Å²) in [6, 6.07) is 14.8. The van der Waals surface area contributed by atoms with Gasteiger partial charge in [0.15, 0.2) is 5.41 Å². The van der Waals surface area contributed by atoms with Crippen LogP contribution in [0.2, 0.25) is 0 Å². The van der Waals surface area contributed by atoms with Crippen LogP contribution in [0.5, 0.6) is 0 Å². The van der Waals surface area contributed by atoms with Gasteiger partial charge in [-0.2, -0.15) is 15.8 Å². The molecule has 1 fully saturated rings. The Hall–Kier alpha value is -2.94. The Labute approximate surface area is 160 Å². The Morgan fingerprint density at radius 1 is 1.15 bits per heavy atom. The molecule has 0 saturated heterocycles. The minimum absolute atomic E-state index is 0.0731. The van der Waals surface area contributed by atoms with E-state index in [4.69, 9.17) is 5.41 Å². The number of benzene rings is 1. The van der Waals surface area contributed by atoms with Gasteiger partial charge in [-0.1, -0.05) is 29.8 Å². The molecule has 1 saturated carbocycles. The van der Waals surface area contributed by atoms with E-state index in [0.717, 1.165) is 29.8 Å². The number of nitriles is 3. The monoisotopic (exact) mass is 358 g/mol. The zero-order chi connectivity index (χ0) is 19.8. The molecule has 0 spiro atoms. The van der Waals surface area contributed by atoms with Crippen LogP contribution in [0.25, 0.3) is 0 Å². The predicted octanol–water partition coefficient (Wildman–Crippen LogP) is 2.13. The van der Waals surface area contributed by atoms with Crippen molar-refractivity contribution in [2.75, 3.05) is 13.1 Å². The molecule has 1 aromatic rings. The van der Waals surface area contributed by atoms with Gasteiger partial charge in [0.1, 0.15) is 5.92 Å². The molecule has 1 unspecified atom stereocenters. The van der Waals surface area contributed by atoms with Gasteiger partial charge in [-0.25, -0.2) is 0 Å². The molecule has 1 aliphatic heterocycles. The van der Waals surface area contributed by atoms with Gasteiger partial charge < -0.3 is 10.3 Å². The van der Waals surface area contributed by atoms with Crippen molar-refractivity contribution in [2.24, 2.45) is 17.3 Å². The Balaban J connectivity index is 2.23. The van der Waals surface area contributed by atoms with Gasteiger partial charge in [-0.3, -0.25) is 0 Å². The van der Waals surface area contributed by atoms with E-state index in [9.17, 15) is 15.8 Å². The molecule has 0 radical (unpaired) electrons. The highest BCUT2D eigenvalue weighted by Gasteiger charge is 2.58. The van der Waals surface area contributed by atoms with Gasteiger partial charge in [0.05, 0.1) is 43.1 Å². The summed E-state index contributed by atoms with van der Waals surface area (Å²) < 4.78 is 0. The second kappa shape index (κ2) is 6.99. The number of hydrogen-bond donors (Lipinski definition) is 2. The van der Waals surface area contributed by atoms with Crippen LogP contribution in [0.3, 0.4) is 0 Å². The van der Waals surface area contributed by atoms with Crippen LogP contribution < -0.4 is 4.90 Å². The number of aryl methyl sites for hydroxylation is 1. The Kier molecular flexibility index (Phi) is 4.88. The van der Waals surface area contributed by atoms with Crippen molar-refractivity contribution < 1.29 is 4.90 Å². The fourth-order valence-corrected chi connectivity index (χ4v) is 4.54. The highest BCUT2D eigenvalue weighted by molar-refractivity contribution is 6.00. The molecule has 27 heavy (non-hydrogen) atoms. The SMILES string of the molecule is Cc1ccc([C@H]2[C@H]3C[NH+](C(C)C)CC=C3[C@H](C#N)C(=N)C2(C#N)C#N)cc1. The van der Waals surface area contributed by atoms with Crippen molar-refractivity contribution in [3.63, 3.8) is 0 Å². The molecule has 1 aliphatic carbocycles. The maximum atomic E-state index is 10.0. The molecule has 5 heteroatoms. The first-order valence-corrected chi connectivity index (χ1v) is 9.31. The summed E-state index contributed by atoms with van der Waals surface area (Å²) in [5, 5.41) is 38.4. The average molecular weight is 358 g/mol. The fourth-order valence-electron chi connectivity index (χ4n) is 4.54. The molecule has 1 aromatic carbocycles. The topological polar surface area (TPSA) is 99.7 Å². The van der Waals surface area contributed by atoms with Gasteiger partial charge in [0.25, 0.3) is 0 Å². The third-order valence-electron chi connectivity index (χ3n) is 6.16. The number of nitrogens with one attached hydrogen (secondary N) is 2. The third kappa shape index (κ3) is 2.84. The molecule has 2 aliphatic rings. The molecular weight excluding hydrogens is 334 g/mol. The minimum atomic E-state index is -1.61. The van der Waals surface area contributed by atoms with E-state index in [1.54, 1.807) is 0 Å². The second-order valence-electron chi connectivity index (χ2n) is 7.93. The second-order valence-corrected chi connectivity index (χ2v) is 7.93. The van der Waals surface area contributed by atoms with Crippen molar-refractivity contribution in [3.05, 3.63) is 47.0 Å². The largest absolute Gasteiger partial charge is 0.329 e. The van der Waals surface area contributed by atoms with Crippen LogP contribution in [0, 0.1) is 63.6 Å². The first-order valence-electron chi connectivity index (χ1n) is 9.31. The summed E-state index contributed by atoms with van der Waals surface area (Å²) >= 11 is 0. The standard InChI is InChI=1S/C22H23N5/c1-14(2)27-9-8-17-18(10-23)21(26)22(12-24,13-25)20(19(17)11-27)16-6-4-15(3)5-7-16/h4-8,14,18-20,26H,9,11H2,1-3H3/p+1/t18-,19-,20-/m0/s1. The van der Waals surface area contributed by atoms with Crippen molar-refractivity contribution in [3.8, 4) is 18.2 Å². The third-order valence-corrected chi connectivity index (χ3v) is 6.16. The predicted molar refractivity (Wildman–Crippen MR) is 102 cm³/mol. The molecule has 5 nitrogen and oxygen atoms in total. The molecule has 136 valence electrons. The molecule has 3 rings (SSSR count). The Morgan fingerprint density at radius 3 is 2.30 bits per heavy atom. The number of hydrogen-bond acceptors (Lipinski definition) is 4. The lowest BCUT2D eigenvalue weighted by atomic mass is 9.54. The van der Waals surface area contributed by atoms with Gasteiger partial charge in [0.2, 0.25) is 0 Å².